The molecule has 1 aromatic carbocycles. The Morgan fingerprint density at radius 3 is 2.93 bits per heavy atom. The van der Waals surface area contributed by atoms with Crippen LogP contribution in [-0.2, 0) is 0 Å². The van der Waals surface area contributed by atoms with Crippen molar-refractivity contribution < 1.29 is 4.74 Å². The third-order valence-electron chi connectivity index (χ3n) is 2.88. The van der Waals surface area contributed by atoms with Crippen molar-refractivity contribution in [2.24, 2.45) is 0 Å². The molecule has 1 fully saturated rings. The molecule has 1 atom stereocenters. The summed E-state index contributed by atoms with van der Waals surface area (Å²) in [6, 6.07) is 6.85. The topological polar surface area (TPSA) is 21.3 Å². The lowest BCUT2D eigenvalue weighted by molar-refractivity contribution is 0.400. The first kappa shape index (κ1) is 9.53. The second-order valence-electron chi connectivity index (χ2n) is 3.85. The highest BCUT2D eigenvalue weighted by Gasteiger charge is 2.20. The number of ether oxygens (including phenoxy) is 1. The van der Waals surface area contributed by atoms with Crippen LogP contribution < -0.4 is 10.1 Å². The molecule has 0 amide bonds. The SMILES string of the molecule is COc1c(C)cccc1[C@@H]1CCCN1. The molecule has 0 saturated carbocycles. The summed E-state index contributed by atoms with van der Waals surface area (Å²) >= 11 is 0. The number of para-hydroxylation sites is 1. The van der Waals surface area contributed by atoms with Crippen LogP contribution in [0.25, 0.3) is 0 Å². The highest BCUT2D eigenvalue weighted by molar-refractivity contribution is 5.42. The van der Waals surface area contributed by atoms with Crippen LogP contribution in [-0.4, -0.2) is 13.7 Å². The Kier molecular flexibility index (Phi) is 2.73. The molecular weight excluding hydrogens is 174 g/mol. The minimum atomic E-state index is 0.491. The van der Waals surface area contributed by atoms with Crippen LogP contribution in [0.15, 0.2) is 18.2 Å². The van der Waals surface area contributed by atoms with E-state index < -0.39 is 0 Å². The first-order valence-electron chi connectivity index (χ1n) is 5.20. The van der Waals surface area contributed by atoms with E-state index in [1.54, 1.807) is 7.11 Å². The van der Waals surface area contributed by atoms with Crippen LogP contribution in [0.5, 0.6) is 5.75 Å². The Hall–Kier alpha value is -1.02. The molecular formula is C12H17NO. The maximum atomic E-state index is 5.45. The predicted octanol–water partition coefficient (Wildman–Crippen LogP) is 2.43. The number of hydrogen-bond acceptors (Lipinski definition) is 2. The minimum Gasteiger partial charge on any atom is -0.496 e. The lowest BCUT2D eigenvalue weighted by Gasteiger charge is -2.16. The number of methoxy groups -OCH3 is 1. The maximum Gasteiger partial charge on any atom is 0.126 e. The molecule has 0 radical (unpaired) electrons. The summed E-state index contributed by atoms with van der Waals surface area (Å²) in [4.78, 5) is 0. The molecule has 1 aliphatic heterocycles. The number of rotatable bonds is 2. The lowest BCUT2D eigenvalue weighted by Crippen LogP contribution is -2.14. The van der Waals surface area contributed by atoms with Crippen LogP contribution in [0.1, 0.15) is 30.0 Å². The van der Waals surface area contributed by atoms with E-state index in [-0.39, 0.29) is 0 Å². The quantitative estimate of drug-likeness (QED) is 0.775. The normalized spacial score (nSPS) is 21.1. The van der Waals surface area contributed by atoms with Gasteiger partial charge in [-0.3, -0.25) is 0 Å². The van der Waals surface area contributed by atoms with Gasteiger partial charge in [-0.15, -0.1) is 0 Å². The van der Waals surface area contributed by atoms with Crippen molar-refractivity contribution in [1.29, 1.82) is 0 Å². The Morgan fingerprint density at radius 1 is 1.43 bits per heavy atom. The highest BCUT2D eigenvalue weighted by Crippen LogP contribution is 2.32. The number of aryl methyl sites for hydroxylation is 1. The van der Waals surface area contributed by atoms with Gasteiger partial charge in [0.25, 0.3) is 0 Å². The van der Waals surface area contributed by atoms with E-state index in [1.165, 1.54) is 24.0 Å². The van der Waals surface area contributed by atoms with Crippen molar-refractivity contribution in [2.75, 3.05) is 13.7 Å². The molecule has 1 N–H and O–H groups in total. The molecule has 2 rings (SSSR count). The molecule has 14 heavy (non-hydrogen) atoms. The van der Waals surface area contributed by atoms with E-state index in [4.69, 9.17) is 4.74 Å². The molecule has 1 aliphatic rings. The summed E-state index contributed by atoms with van der Waals surface area (Å²) in [5.74, 6) is 1.05. The zero-order chi connectivity index (χ0) is 9.97. The van der Waals surface area contributed by atoms with Gasteiger partial charge in [-0.25, -0.2) is 0 Å². The van der Waals surface area contributed by atoms with E-state index in [9.17, 15) is 0 Å². The zero-order valence-electron chi connectivity index (χ0n) is 8.84. The standard InChI is InChI=1S/C12H17NO/c1-9-5-3-6-10(12(9)14-2)11-7-4-8-13-11/h3,5-6,11,13H,4,7-8H2,1-2H3/t11-/m0/s1. The second kappa shape index (κ2) is 4.01. The molecule has 0 aromatic heterocycles. The Bertz CT molecular complexity index is 316. The van der Waals surface area contributed by atoms with Gasteiger partial charge < -0.3 is 10.1 Å². The van der Waals surface area contributed by atoms with Gasteiger partial charge in [0.2, 0.25) is 0 Å². The second-order valence-corrected chi connectivity index (χ2v) is 3.85. The van der Waals surface area contributed by atoms with Crippen molar-refractivity contribution in [3.8, 4) is 5.75 Å². The van der Waals surface area contributed by atoms with E-state index in [0.717, 1.165) is 12.3 Å². The molecule has 76 valence electrons. The molecule has 0 unspecified atom stereocenters. The largest absolute Gasteiger partial charge is 0.496 e. The van der Waals surface area contributed by atoms with Gasteiger partial charge in [-0.2, -0.15) is 0 Å². The zero-order valence-corrected chi connectivity index (χ0v) is 8.84. The van der Waals surface area contributed by atoms with Crippen LogP contribution >= 0.6 is 0 Å². The Balaban J connectivity index is 2.35. The third kappa shape index (κ3) is 1.62. The lowest BCUT2D eigenvalue weighted by atomic mass is 10.0. The summed E-state index contributed by atoms with van der Waals surface area (Å²) in [5, 5.41) is 3.49. The molecule has 1 aromatic rings. The van der Waals surface area contributed by atoms with Crippen LogP contribution in [0.2, 0.25) is 0 Å². The van der Waals surface area contributed by atoms with Crippen molar-refractivity contribution in [1.82, 2.24) is 5.32 Å². The van der Waals surface area contributed by atoms with Crippen LogP contribution in [0.3, 0.4) is 0 Å². The summed E-state index contributed by atoms with van der Waals surface area (Å²) in [5.41, 5.74) is 2.53. The molecule has 2 nitrogen and oxygen atoms in total. The summed E-state index contributed by atoms with van der Waals surface area (Å²) in [7, 11) is 1.75. The molecule has 0 aliphatic carbocycles. The van der Waals surface area contributed by atoms with Gasteiger partial charge >= 0.3 is 0 Å². The number of hydrogen-bond donors (Lipinski definition) is 1. The summed E-state index contributed by atoms with van der Waals surface area (Å²) < 4.78 is 5.45. The number of benzene rings is 1. The van der Waals surface area contributed by atoms with Crippen molar-refractivity contribution in [3.05, 3.63) is 29.3 Å². The highest BCUT2D eigenvalue weighted by atomic mass is 16.5. The summed E-state index contributed by atoms with van der Waals surface area (Å²) in [6.07, 6.45) is 2.49. The minimum absolute atomic E-state index is 0.491. The van der Waals surface area contributed by atoms with E-state index in [0.29, 0.717) is 6.04 Å². The third-order valence-corrected chi connectivity index (χ3v) is 2.88. The predicted molar refractivity (Wildman–Crippen MR) is 57.7 cm³/mol. The van der Waals surface area contributed by atoms with Crippen molar-refractivity contribution in [3.63, 3.8) is 0 Å². The average Bonchev–Trinajstić information content (AvgIpc) is 2.70. The average molecular weight is 191 g/mol. The van der Waals surface area contributed by atoms with Gasteiger partial charge in [0, 0.05) is 11.6 Å². The Labute approximate surface area is 85.3 Å². The van der Waals surface area contributed by atoms with Gasteiger partial charge in [-0.1, -0.05) is 18.2 Å². The van der Waals surface area contributed by atoms with Gasteiger partial charge in [-0.05, 0) is 31.9 Å². The van der Waals surface area contributed by atoms with Gasteiger partial charge in [0.05, 0.1) is 7.11 Å². The molecule has 0 bridgehead atoms. The summed E-state index contributed by atoms with van der Waals surface area (Å²) in [6.45, 7) is 3.22. The number of nitrogens with one attached hydrogen (secondary N) is 1. The van der Waals surface area contributed by atoms with Crippen molar-refractivity contribution in [2.45, 2.75) is 25.8 Å². The van der Waals surface area contributed by atoms with E-state index in [2.05, 4.69) is 30.4 Å². The Morgan fingerprint density at radius 2 is 2.29 bits per heavy atom. The molecule has 1 heterocycles. The van der Waals surface area contributed by atoms with Crippen molar-refractivity contribution >= 4 is 0 Å². The molecule has 0 spiro atoms. The van der Waals surface area contributed by atoms with Crippen LogP contribution in [0.4, 0.5) is 0 Å². The fraction of sp³-hybridized carbons (Fsp3) is 0.500. The van der Waals surface area contributed by atoms with E-state index >= 15 is 0 Å². The van der Waals surface area contributed by atoms with Gasteiger partial charge in [0.15, 0.2) is 0 Å². The van der Waals surface area contributed by atoms with E-state index in [1.807, 2.05) is 0 Å². The van der Waals surface area contributed by atoms with Gasteiger partial charge in [0.1, 0.15) is 5.75 Å². The molecule has 2 heteroatoms. The first-order chi connectivity index (χ1) is 6.83. The first-order valence-corrected chi connectivity index (χ1v) is 5.20. The van der Waals surface area contributed by atoms with Crippen LogP contribution in [0, 0.1) is 6.92 Å². The fourth-order valence-electron chi connectivity index (χ4n) is 2.18. The smallest absolute Gasteiger partial charge is 0.126 e. The maximum absolute atomic E-state index is 5.45. The molecule has 1 saturated heterocycles. The monoisotopic (exact) mass is 191 g/mol. The fourth-order valence-corrected chi connectivity index (χ4v) is 2.18.